The number of nitrogens with one attached hydrogen (secondary N) is 1. The molecule has 0 unspecified atom stereocenters. The Kier molecular flexibility index (Phi) is 6.47. The quantitative estimate of drug-likeness (QED) is 0.794. The van der Waals surface area contributed by atoms with Gasteiger partial charge in [0.25, 0.3) is 0 Å². The topological polar surface area (TPSA) is 12.0 Å². The molecule has 0 aromatic heterocycles. The van der Waals surface area contributed by atoms with Crippen molar-refractivity contribution in [2.75, 3.05) is 12.8 Å². The molecule has 1 aromatic carbocycles. The summed E-state index contributed by atoms with van der Waals surface area (Å²) in [5.41, 5.74) is 0.818. The smallest absolute Gasteiger partial charge is 0.142 e. The highest BCUT2D eigenvalue weighted by Gasteiger charge is 2.24. The maximum absolute atomic E-state index is 13.3. The van der Waals surface area contributed by atoms with Crippen LogP contribution in [0.2, 0.25) is 5.02 Å². The minimum absolute atomic E-state index is 0.229. The van der Waals surface area contributed by atoms with Crippen LogP contribution >= 0.6 is 23.4 Å². The molecule has 1 N–H and O–H groups in total. The third kappa shape index (κ3) is 3.87. The summed E-state index contributed by atoms with van der Waals surface area (Å²) in [4.78, 5) is 0. The number of hydrogen-bond acceptors (Lipinski definition) is 2. The van der Waals surface area contributed by atoms with Gasteiger partial charge in [-0.05, 0) is 30.7 Å². The average molecular weight is 290 g/mol. The van der Waals surface area contributed by atoms with Crippen LogP contribution in [0.25, 0.3) is 0 Å². The monoisotopic (exact) mass is 289 g/mol. The van der Waals surface area contributed by atoms with Crippen LogP contribution in [-0.4, -0.2) is 17.5 Å². The van der Waals surface area contributed by atoms with Gasteiger partial charge in [0.2, 0.25) is 0 Å². The molecule has 0 aliphatic heterocycles. The first-order chi connectivity index (χ1) is 8.58. The van der Waals surface area contributed by atoms with Gasteiger partial charge in [-0.25, -0.2) is 4.39 Å². The van der Waals surface area contributed by atoms with Crippen LogP contribution in [0, 0.1) is 5.82 Å². The van der Waals surface area contributed by atoms with Crippen LogP contribution in [0.3, 0.4) is 0 Å². The predicted molar refractivity (Wildman–Crippen MR) is 79.9 cm³/mol. The lowest BCUT2D eigenvalue weighted by Gasteiger charge is -2.30. The van der Waals surface area contributed by atoms with E-state index in [1.165, 1.54) is 6.07 Å². The lowest BCUT2D eigenvalue weighted by Crippen LogP contribution is -2.36. The Labute approximate surface area is 118 Å². The molecule has 0 amide bonds. The first-order valence-electron chi connectivity index (χ1n) is 6.27. The molecule has 0 saturated carbocycles. The van der Waals surface area contributed by atoms with Gasteiger partial charge < -0.3 is 5.32 Å². The van der Waals surface area contributed by atoms with Crippen LogP contribution in [0.15, 0.2) is 18.2 Å². The van der Waals surface area contributed by atoms with E-state index in [0.717, 1.165) is 24.9 Å². The first kappa shape index (κ1) is 15.8. The van der Waals surface area contributed by atoms with E-state index in [9.17, 15) is 4.39 Å². The standard InChI is InChI=1S/C14H21ClFNS/c1-4-14(5-2,18-3)10-17-9-11-7-6-8-12(16)13(11)15/h6-8,17H,4-5,9-10H2,1-3H3. The number of hydrogen-bond donors (Lipinski definition) is 1. The molecule has 1 nitrogen and oxygen atoms in total. The highest BCUT2D eigenvalue weighted by molar-refractivity contribution is 8.00. The van der Waals surface area contributed by atoms with E-state index in [2.05, 4.69) is 25.4 Å². The maximum Gasteiger partial charge on any atom is 0.142 e. The molecule has 18 heavy (non-hydrogen) atoms. The molecule has 0 radical (unpaired) electrons. The van der Waals surface area contributed by atoms with Gasteiger partial charge in [0.05, 0.1) is 5.02 Å². The van der Waals surface area contributed by atoms with Crippen molar-refractivity contribution in [2.24, 2.45) is 0 Å². The molecule has 4 heteroatoms. The number of benzene rings is 1. The Morgan fingerprint density at radius 3 is 2.56 bits per heavy atom. The predicted octanol–water partition coefficient (Wildman–Crippen LogP) is 4.49. The highest BCUT2D eigenvalue weighted by Crippen LogP contribution is 2.29. The lowest BCUT2D eigenvalue weighted by atomic mass is 10.0. The van der Waals surface area contributed by atoms with Crippen molar-refractivity contribution in [3.8, 4) is 0 Å². The summed E-state index contributed by atoms with van der Waals surface area (Å²) < 4.78 is 13.5. The molecule has 0 bridgehead atoms. The van der Waals surface area contributed by atoms with E-state index in [1.807, 2.05) is 17.8 Å². The van der Waals surface area contributed by atoms with Gasteiger partial charge in [-0.15, -0.1) is 0 Å². The molecular formula is C14H21ClFNS. The summed E-state index contributed by atoms with van der Waals surface area (Å²) >= 11 is 7.81. The van der Waals surface area contributed by atoms with Crippen molar-refractivity contribution in [3.63, 3.8) is 0 Å². The summed E-state index contributed by atoms with van der Waals surface area (Å²) in [6.45, 7) is 5.93. The zero-order valence-electron chi connectivity index (χ0n) is 11.2. The summed E-state index contributed by atoms with van der Waals surface area (Å²) in [5, 5.41) is 3.62. The largest absolute Gasteiger partial charge is 0.311 e. The zero-order valence-corrected chi connectivity index (χ0v) is 12.8. The Morgan fingerprint density at radius 2 is 2.00 bits per heavy atom. The second-order valence-corrected chi connectivity index (χ2v) is 6.06. The van der Waals surface area contributed by atoms with E-state index >= 15 is 0 Å². The van der Waals surface area contributed by atoms with Gasteiger partial charge in [0.1, 0.15) is 5.82 Å². The highest BCUT2D eigenvalue weighted by atomic mass is 35.5. The fraction of sp³-hybridized carbons (Fsp3) is 0.571. The van der Waals surface area contributed by atoms with Gasteiger partial charge in [-0.2, -0.15) is 11.8 Å². The van der Waals surface area contributed by atoms with E-state index in [1.54, 1.807) is 6.07 Å². The fourth-order valence-electron chi connectivity index (χ4n) is 1.97. The number of rotatable bonds is 7. The van der Waals surface area contributed by atoms with Gasteiger partial charge in [-0.1, -0.05) is 37.6 Å². The zero-order chi connectivity index (χ0) is 13.6. The molecule has 0 atom stereocenters. The average Bonchev–Trinajstić information content (AvgIpc) is 2.40. The van der Waals surface area contributed by atoms with Gasteiger partial charge in [-0.3, -0.25) is 0 Å². The molecule has 1 rings (SSSR count). The van der Waals surface area contributed by atoms with Gasteiger partial charge >= 0.3 is 0 Å². The molecule has 0 aliphatic carbocycles. The molecular weight excluding hydrogens is 269 g/mol. The lowest BCUT2D eigenvalue weighted by molar-refractivity contribution is 0.494. The molecule has 0 spiro atoms. The van der Waals surface area contributed by atoms with Gasteiger partial charge in [0.15, 0.2) is 0 Å². The van der Waals surface area contributed by atoms with Crippen molar-refractivity contribution in [1.82, 2.24) is 5.32 Å². The van der Waals surface area contributed by atoms with Crippen molar-refractivity contribution in [3.05, 3.63) is 34.6 Å². The SMILES string of the molecule is CCC(CC)(CNCc1cccc(F)c1Cl)SC. The molecule has 0 aliphatic rings. The summed E-state index contributed by atoms with van der Waals surface area (Å²) in [5.74, 6) is -0.349. The Balaban J connectivity index is 2.58. The minimum Gasteiger partial charge on any atom is -0.311 e. The van der Waals surface area contributed by atoms with Crippen LogP contribution in [0.4, 0.5) is 4.39 Å². The summed E-state index contributed by atoms with van der Waals surface area (Å²) in [7, 11) is 0. The summed E-state index contributed by atoms with van der Waals surface area (Å²) in [6, 6.07) is 4.94. The van der Waals surface area contributed by atoms with E-state index in [0.29, 0.717) is 6.54 Å². The van der Waals surface area contributed by atoms with Gasteiger partial charge in [0, 0.05) is 17.8 Å². The van der Waals surface area contributed by atoms with E-state index in [-0.39, 0.29) is 15.6 Å². The Bertz CT molecular complexity index is 372. The van der Waals surface area contributed by atoms with Crippen LogP contribution in [-0.2, 0) is 6.54 Å². The van der Waals surface area contributed by atoms with Crippen molar-refractivity contribution in [2.45, 2.75) is 38.0 Å². The molecule has 0 fully saturated rings. The molecule has 1 aromatic rings. The maximum atomic E-state index is 13.3. The molecule has 0 saturated heterocycles. The third-order valence-electron chi connectivity index (χ3n) is 3.52. The van der Waals surface area contributed by atoms with Crippen LogP contribution in [0.1, 0.15) is 32.3 Å². The van der Waals surface area contributed by atoms with E-state index in [4.69, 9.17) is 11.6 Å². The van der Waals surface area contributed by atoms with Crippen molar-refractivity contribution in [1.29, 1.82) is 0 Å². The van der Waals surface area contributed by atoms with Crippen molar-refractivity contribution >= 4 is 23.4 Å². The number of thioether (sulfide) groups is 1. The molecule has 102 valence electrons. The second-order valence-electron chi connectivity index (χ2n) is 4.41. The minimum atomic E-state index is -0.349. The van der Waals surface area contributed by atoms with Crippen LogP contribution < -0.4 is 5.32 Å². The first-order valence-corrected chi connectivity index (χ1v) is 7.87. The second kappa shape index (κ2) is 7.37. The molecule has 0 heterocycles. The third-order valence-corrected chi connectivity index (χ3v) is 5.53. The fourth-order valence-corrected chi connectivity index (χ4v) is 2.99. The Morgan fingerprint density at radius 1 is 1.33 bits per heavy atom. The van der Waals surface area contributed by atoms with Crippen molar-refractivity contribution < 1.29 is 4.39 Å². The van der Waals surface area contributed by atoms with Crippen LogP contribution in [0.5, 0.6) is 0 Å². The van der Waals surface area contributed by atoms with E-state index < -0.39 is 0 Å². The Hall–Kier alpha value is -0.250. The number of halogens is 2. The summed E-state index contributed by atoms with van der Waals surface area (Å²) in [6.07, 6.45) is 4.38. The normalized spacial score (nSPS) is 11.8.